The minimum Gasteiger partial charge on any atom is -0.476 e. The first-order valence-electron chi connectivity index (χ1n) is 5.34. The average molecular weight is 245 g/mol. The highest BCUT2D eigenvalue weighted by Gasteiger charge is 2.05. The molecule has 0 aliphatic heterocycles. The molecule has 0 unspecified atom stereocenters. The van der Waals surface area contributed by atoms with Crippen LogP contribution in [0.4, 0.5) is 0 Å². The van der Waals surface area contributed by atoms with E-state index in [1.54, 1.807) is 6.20 Å². The van der Waals surface area contributed by atoms with Gasteiger partial charge in [0.15, 0.2) is 5.69 Å². The van der Waals surface area contributed by atoms with E-state index in [1.165, 1.54) is 12.4 Å². The van der Waals surface area contributed by atoms with Gasteiger partial charge in [0.25, 0.3) is 0 Å². The van der Waals surface area contributed by atoms with Gasteiger partial charge in [-0.25, -0.2) is 14.8 Å². The second-order valence-electron chi connectivity index (χ2n) is 3.46. The molecule has 0 bridgehead atoms. The largest absolute Gasteiger partial charge is 0.476 e. The Morgan fingerprint density at radius 3 is 2.72 bits per heavy atom. The summed E-state index contributed by atoms with van der Waals surface area (Å²) in [4.78, 5) is 22.3. The number of carboxylic acid groups (broad SMARTS) is 1. The first-order chi connectivity index (χ1) is 8.75. The summed E-state index contributed by atoms with van der Waals surface area (Å²) in [7, 11) is 0. The average Bonchev–Trinajstić information content (AvgIpc) is 2.40. The van der Waals surface area contributed by atoms with Gasteiger partial charge < -0.3 is 9.84 Å². The van der Waals surface area contributed by atoms with Gasteiger partial charge in [0, 0.05) is 18.3 Å². The molecule has 0 saturated carbocycles. The standard InChI is InChI=1S/C12H11N3O3/c16-12(17)10-7-15-11(8-14-10)18-6-4-9-3-1-2-5-13-9/h1-3,5,7-8H,4,6H2,(H,16,17). The molecule has 92 valence electrons. The molecule has 2 heterocycles. The highest BCUT2D eigenvalue weighted by molar-refractivity contribution is 5.84. The molecule has 2 rings (SSSR count). The van der Waals surface area contributed by atoms with E-state index in [1.807, 2.05) is 18.2 Å². The molecule has 0 aliphatic rings. The Balaban J connectivity index is 1.85. The first kappa shape index (κ1) is 12.0. The van der Waals surface area contributed by atoms with Crippen LogP contribution in [0.2, 0.25) is 0 Å². The number of pyridine rings is 1. The monoisotopic (exact) mass is 245 g/mol. The van der Waals surface area contributed by atoms with Crippen LogP contribution in [-0.2, 0) is 6.42 Å². The van der Waals surface area contributed by atoms with Gasteiger partial charge in [0.05, 0.1) is 19.0 Å². The lowest BCUT2D eigenvalue weighted by Crippen LogP contribution is -2.06. The Hall–Kier alpha value is -2.50. The van der Waals surface area contributed by atoms with Gasteiger partial charge in [-0.05, 0) is 12.1 Å². The number of hydrogen-bond acceptors (Lipinski definition) is 5. The van der Waals surface area contributed by atoms with E-state index in [4.69, 9.17) is 9.84 Å². The van der Waals surface area contributed by atoms with Crippen molar-refractivity contribution in [2.45, 2.75) is 6.42 Å². The van der Waals surface area contributed by atoms with Crippen molar-refractivity contribution in [1.82, 2.24) is 15.0 Å². The number of rotatable bonds is 5. The molecule has 0 saturated heterocycles. The Morgan fingerprint density at radius 2 is 2.11 bits per heavy atom. The molecule has 0 fully saturated rings. The summed E-state index contributed by atoms with van der Waals surface area (Å²) in [6.45, 7) is 0.415. The molecule has 6 heteroatoms. The summed E-state index contributed by atoms with van der Waals surface area (Å²) >= 11 is 0. The molecule has 0 radical (unpaired) electrons. The molecule has 0 spiro atoms. The fourth-order valence-corrected chi connectivity index (χ4v) is 1.31. The zero-order chi connectivity index (χ0) is 12.8. The highest BCUT2D eigenvalue weighted by atomic mass is 16.5. The predicted molar refractivity (Wildman–Crippen MR) is 62.4 cm³/mol. The zero-order valence-corrected chi connectivity index (χ0v) is 9.48. The first-order valence-corrected chi connectivity index (χ1v) is 5.34. The number of nitrogens with zero attached hydrogens (tertiary/aromatic N) is 3. The van der Waals surface area contributed by atoms with E-state index < -0.39 is 5.97 Å². The summed E-state index contributed by atoms with van der Waals surface area (Å²) < 4.78 is 5.34. The fraction of sp³-hybridized carbons (Fsp3) is 0.167. The second-order valence-corrected chi connectivity index (χ2v) is 3.46. The van der Waals surface area contributed by atoms with Crippen molar-refractivity contribution >= 4 is 5.97 Å². The molecule has 0 aliphatic carbocycles. The quantitative estimate of drug-likeness (QED) is 0.851. The topological polar surface area (TPSA) is 85.2 Å². The summed E-state index contributed by atoms with van der Waals surface area (Å²) in [5.74, 6) is -0.807. The molecule has 6 nitrogen and oxygen atoms in total. The van der Waals surface area contributed by atoms with Crippen LogP contribution in [0.25, 0.3) is 0 Å². The van der Waals surface area contributed by atoms with Gasteiger partial charge in [-0.3, -0.25) is 4.98 Å². The highest BCUT2D eigenvalue weighted by Crippen LogP contribution is 2.05. The lowest BCUT2D eigenvalue weighted by atomic mass is 10.3. The Labute approximate surface area is 103 Å². The number of ether oxygens (including phenoxy) is 1. The Morgan fingerprint density at radius 1 is 1.22 bits per heavy atom. The third-order valence-electron chi connectivity index (χ3n) is 2.18. The minimum atomic E-state index is -1.11. The van der Waals surface area contributed by atoms with Crippen molar-refractivity contribution < 1.29 is 14.6 Å². The second kappa shape index (κ2) is 5.72. The van der Waals surface area contributed by atoms with Crippen LogP contribution in [0.3, 0.4) is 0 Å². The minimum absolute atomic E-state index is 0.105. The van der Waals surface area contributed by atoms with Crippen molar-refractivity contribution in [2.75, 3.05) is 6.61 Å². The normalized spacial score (nSPS) is 10.0. The van der Waals surface area contributed by atoms with Gasteiger partial charge in [0.2, 0.25) is 5.88 Å². The van der Waals surface area contributed by atoms with Crippen LogP contribution >= 0.6 is 0 Å². The van der Waals surface area contributed by atoms with Gasteiger partial charge in [-0.1, -0.05) is 6.07 Å². The molecule has 18 heavy (non-hydrogen) atoms. The van der Waals surface area contributed by atoms with Crippen molar-refractivity contribution in [1.29, 1.82) is 0 Å². The number of carboxylic acids is 1. The van der Waals surface area contributed by atoms with E-state index in [0.29, 0.717) is 18.9 Å². The van der Waals surface area contributed by atoms with Crippen LogP contribution in [-0.4, -0.2) is 32.6 Å². The van der Waals surface area contributed by atoms with E-state index >= 15 is 0 Å². The maximum absolute atomic E-state index is 10.6. The molecule has 2 aromatic heterocycles. The van der Waals surface area contributed by atoms with Crippen LogP contribution in [0.1, 0.15) is 16.2 Å². The van der Waals surface area contributed by atoms with Crippen LogP contribution in [0.15, 0.2) is 36.8 Å². The van der Waals surface area contributed by atoms with Gasteiger partial charge in [-0.2, -0.15) is 0 Å². The molecule has 0 aromatic carbocycles. The summed E-state index contributed by atoms with van der Waals surface area (Å²) in [6, 6.07) is 5.66. The zero-order valence-electron chi connectivity index (χ0n) is 9.48. The lowest BCUT2D eigenvalue weighted by Gasteiger charge is -2.04. The maximum Gasteiger partial charge on any atom is 0.356 e. The summed E-state index contributed by atoms with van der Waals surface area (Å²) in [5.41, 5.74) is 0.819. The van der Waals surface area contributed by atoms with Crippen LogP contribution < -0.4 is 4.74 Å². The number of aromatic carboxylic acids is 1. The Kier molecular flexibility index (Phi) is 3.80. The molecule has 0 amide bonds. The molecular formula is C12H11N3O3. The van der Waals surface area contributed by atoms with E-state index in [9.17, 15) is 4.79 Å². The van der Waals surface area contributed by atoms with Crippen LogP contribution in [0, 0.1) is 0 Å². The number of carbonyl (C=O) groups is 1. The Bertz CT molecular complexity index is 514. The summed E-state index contributed by atoms with van der Waals surface area (Å²) in [6.07, 6.45) is 4.83. The van der Waals surface area contributed by atoms with Gasteiger partial charge in [-0.15, -0.1) is 0 Å². The molecule has 2 aromatic rings. The number of hydrogen-bond donors (Lipinski definition) is 1. The fourth-order valence-electron chi connectivity index (χ4n) is 1.31. The molecular weight excluding hydrogens is 234 g/mol. The summed E-state index contributed by atoms with van der Waals surface area (Å²) in [5, 5.41) is 8.65. The van der Waals surface area contributed by atoms with E-state index in [0.717, 1.165) is 5.69 Å². The smallest absolute Gasteiger partial charge is 0.356 e. The van der Waals surface area contributed by atoms with E-state index in [-0.39, 0.29) is 5.69 Å². The molecule has 1 N–H and O–H groups in total. The van der Waals surface area contributed by atoms with Crippen molar-refractivity contribution in [2.24, 2.45) is 0 Å². The SMILES string of the molecule is O=C(O)c1cnc(OCCc2ccccn2)cn1. The number of aromatic nitrogens is 3. The van der Waals surface area contributed by atoms with Crippen molar-refractivity contribution in [3.05, 3.63) is 48.2 Å². The van der Waals surface area contributed by atoms with Gasteiger partial charge >= 0.3 is 5.97 Å². The molecule has 0 atom stereocenters. The van der Waals surface area contributed by atoms with Crippen LogP contribution in [0.5, 0.6) is 5.88 Å². The maximum atomic E-state index is 10.6. The predicted octanol–water partition coefficient (Wildman–Crippen LogP) is 1.19. The van der Waals surface area contributed by atoms with Gasteiger partial charge in [0.1, 0.15) is 0 Å². The third kappa shape index (κ3) is 3.24. The van der Waals surface area contributed by atoms with E-state index in [2.05, 4.69) is 15.0 Å². The third-order valence-corrected chi connectivity index (χ3v) is 2.18. The van der Waals surface area contributed by atoms with Crippen molar-refractivity contribution in [3.63, 3.8) is 0 Å². The lowest BCUT2D eigenvalue weighted by molar-refractivity contribution is 0.0690. The van der Waals surface area contributed by atoms with Crippen molar-refractivity contribution in [3.8, 4) is 5.88 Å².